The first-order valence-corrected chi connectivity index (χ1v) is 8.79. The lowest BCUT2D eigenvalue weighted by Gasteiger charge is -2.13. The van der Waals surface area contributed by atoms with E-state index in [1.807, 2.05) is 19.1 Å². The molecule has 6 nitrogen and oxygen atoms in total. The number of benzene rings is 2. The Hall–Kier alpha value is -3.82. The van der Waals surface area contributed by atoms with E-state index in [1.165, 1.54) is 12.1 Å². The van der Waals surface area contributed by atoms with Crippen LogP contribution in [0.3, 0.4) is 0 Å². The summed E-state index contributed by atoms with van der Waals surface area (Å²) in [5, 5.41) is 3.54. The van der Waals surface area contributed by atoms with Gasteiger partial charge in [-0.2, -0.15) is 27.5 Å². The van der Waals surface area contributed by atoms with Crippen molar-refractivity contribution in [3.05, 3.63) is 65.6 Å². The van der Waals surface area contributed by atoms with Crippen LogP contribution in [0.1, 0.15) is 11.3 Å². The molecule has 4 rings (SSSR count). The predicted molar refractivity (Wildman–Crippen MR) is 107 cm³/mol. The van der Waals surface area contributed by atoms with Gasteiger partial charge in [0.1, 0.15) is 0 Å². The number of nitrogens with two attached hydrogens (primary N) is 2. The molecule has 0 aliphatic rings. The Morgan fingerprint density at radius 3 is 2.33 bits per heavy atom. The van der Waals surface area contributed by atoms with E-state index >= 15 is 0 Å². The fourth-order valence-electron chi connectivity index (χ4n) is 3.14. The second-order valence-electron chi connectivity index (χ2n) is 6.71. The van der Waals surface area contributed by atoms with Crippen molar-refractivity contribution in [1.82, 2.24) is 14.5 Å². The van der Waals surface area contributed by atoms with E-state index in [2.05, 4.69) is 15.3 Å². The number of aromatic nitrogens is 3. The topological polar surface area (TPSA) is 94.8 Å². The van der Waals surface area contributed by atoms with E-state index in [9.17, 15) is 17.6 Å². The van der Waals surface area contributed by atoms with Crippen molar-refractivity contribution in [1.29, 1.82) is 0 Å². The molecule has 0 amide bonds. The molecule has 0 fully saturated rings. The van der Waals surface area contributed by atoms with Crippen LogP contribution in [0.25, 0.3) is 16.9 Å². The van der Waals surface area contributed by atoms with Gasteiger partial charge >= 0.3 is 6.18 Å². The first-order chi connectivity index (χ1) is 14.1. The van der Waals surface area contributed by atoms with Gasteiger partial charge in [0.2, 0.25) is 11.8 Å². The molecule has 154 valence electrons. The summed E-state index contributed by atoms with van der Waals surface area (Å²) in [4.78, 5) is 8.23. The summed E-state index contributed by atoms with van der Waals surface area (Å²) in [6.45, 7) is 1.82. The van der Waals surface area contributed by atoms with E-state index in [0.29, 0.717) is 11.2 Å². The predicted octanol–water partition coefficient (Wildman–Crippen LogP) is 4.79. The molecule has 4 aromatic rings. The molecule has 0 saturated carbocycles. The zero-order valence-corrected chi connectivity index (χ0v) is 15.6. The Kier molecular flexibility index (Phi) is 4.49. The highest BCUT2D eigenvalue weighted by Crippen LogP contribution is 2.31. The molecule has 2 aromatic heterocycles. The summed E-state index contributed by atoms with van der Waals surface area (Å²) in [6, 6.07) is 11.3. The van der Waals surface area contributed by atoms with Gasteiger partial charge in [-0.3, -0.25) is 4.57 Å². The lowest BCUT2D eigenvalue weighted by molar-refractivity contribution is -0.137. The Morgan fingerprint density at radius 2 is 1.67 bits per heavy atom. The van der Waals surface area contributed by atoms with Crippen LogP contribution < -0.4 is 16.8 Å². The monoisotopic (exact) mass is 416 g/mol. The van der Waals surface area contributed by atoms with Gasteiger partial charge in [0.15, 0.2) is 11.6 Å². The number of rotatable bonds is 3. The fourth-order valence-corrected chi connectivity index (χ4v) is 3.14. The summed E-state index contributed by atoms with van der Waals surface area (Å²) in [5.74, 6) is -1.48. The van der Waals surface area contributed by atoms with Crippen LogP contribution in [0.5, 0.6) is 0 Å². The van der Waals surface area contributed by atoms with Crippen molar-refractivity contribution < 1.29 is 17.6 Å². The minimum atomic E-state index is -4.47. The highest BCUT2D eigenvalue weighted by Gasteiger charge is 2.30. The summed E-state index contributed by atoms with van der Waals surface area (Å²) >= 11 is 0. The molecule has 0 bridgehead atoms. The smallest absolute Gasteiger partial charge is 0.399 e. The molecule has 10 heteroatoms. The molecule has 0 aliphatic heterocycles. The molecule has 0 aliphatic carbocycles. The number of nitrogens with zero attached hydrogens (tertiary/aromatic N) is 3. The standard InChI is InChI=1S/C20H16F4N6/c1-10-8-11-2-5-13(25)9-15(11)30(10)19-28-17(26)16(21)18(29-19)27-14-6-3-12(4-7-14)20(22,23)24/h2-9H,25H2,1H3,(H3,26,27,28,29). The Labute approximate surface area is 168 Å². The maximum atomic E-state index is 14.5. The van der Waals surface area contributed by atoms with Crippen molar-refractivity contribution in [2.45, 2.75) is 13.1 Å². The molecular formula is C20H16F4N6. The number of hydrogen-bond donors (Lipinski definition) is 3. The molecule has 0 spiro atoms. The van der Waals surface area contributed by atoms with Crippen molar-refractivity contribution in [2.75, 3.05) is 16.8 Å². The van der Waals surface area contributed by atoms with Gasteiger partial charge in [-0.15, -0.1) is 0 Å². The summed E-state index contributed by atoms with van der Waals surface area (Å²) in [5.41, 5.74) is 13.0. The molecule has 0 radical (unpaired) electrons. The largest absolute Gasteiger partial charge is 0.416 e. The first kappa shape index (κ1) is 19.5. The number of aryl methyl sites for hydroxylation is 1. The molecule has 2 heterocycles. The minimum Gasteiger partial charge on any atom is -0.399 e. The molecular weight excluding hydrogens is 400 g/mol. The number of hydrogen-bond acceptors (Lipinski definition) is 5. The minimum absolute atomic E-state index is 0.0985. The molecule has 30 heavy (non-hydrogen) atoms. The van der Waals surface area contributed by atoms with E-state index in [1.54, 1.807) is 16.7 Å². The zero-order chi connectivity index (χ0) is 21.6. The molecule has 0 saturated heterocycles. The van der Waals surface area contributed by atoms with Crippen molar-refractivity contribution >= 4 is 33.9 Å². The van der Waals surface area contributed by atoms with E-state index < -0.39 is 23.4 Å². The van der Waals surface area contributed by atoms with Crippen LogP contribution in [0.2, 0.25) is 0 Å². The summed E-state index contributed by atoms with van der Waals surface area (Å²) < 4.78 is 54.4. The lowest BCUT2D eigenvalue weighted by Crippen LogP contribution is -2.11. The summed E-state index contributed by atoms with van der Waals surface area (Å²) in [7, 11) is 0. The number of anilines is 4. The van der Waals surface area contributed by atoms with Gasteiger partial charge in [0, 0.05) is 22.5 Å². The number of halogens is 4. The highest BCUT2D eigenvalue weighted by atomic mass is 19.4. The van der Waals surface area contributed by atoms with Crippen LogP contribution in [-0.2, 0) is 6.18 Å². The average Bonchev–Trinajstić information content (AvgIpc) is 3.00. The van der Waals surface area contributed by atoms with Crippen LogP contribution in [0, 0.1) is 12.7 Å². The highest BCUT2D eigenvalue weighted by molar-refractivity contribution is 5.85. The number of alkyl halides is 3. The lowest BCUT2D eigenvalue weighted by atomic mass is 10.2. The van der Waals surface area contributed by atoms with Gasteiger partial charge in [0.25, 0.3) is 0 Å². The van der Waals surface area contributed by atoms with Gasteiger partial charge in [-0.05, 0) is 49.4 Å². The van der Waals surface area contributed by atoms with Crippen LogP contribution in [0.4, 0.5) is 40.6 Å². The fraction of sp³-hybridized carbons (Fsp3) is 0.100. The summed E-state index contributed by atoms with van der Waals surface area (Å²) in [6.07, 6.45) is -4.47. The third-order valence-corrected chi connectivity index (χ3v) is 4.55. The van der Waals surface area contributed by atoms with Crippen molar-refractivity contribution in [3.8, 4) is 5.95 Å². The van der Waals surface area contributed by atoms with E-state index in [0.717, 1.165) is 23.2 Å². The van der Waals surface area contributed by atoms with Gasteiger partial charge in [-0.25, -0.2) is 0 Å². The second-order valence-corrected chi connectivity index (χ2v) is 6.71. The van der Waals surface area contributed by atoms with Crippen LogP contribution in [0.15, 0.2) is 48.5 Å². The third-order valence-electron chi connectivity index (χ3n) is 4.55. The number of fused-ring (bicyclic) bond motifs is 1. The zero-order valence-electron chi connectivity index (χ0n) is 15.6. The second kappa shape index (κ2) is 6.90. The Balaban J connectivity index is 1.77. The normalized spacial score (nSPS) is 11.8. The van der Waals surface area contributed by atoms with E-state index in [4.69, 9.17) is 11.5 Å². The molecule has 2 aromatic carbocycles. The van der Waals surface area contributed by atoms with Gasteiger partial charge in [0.05, 0.1) is 11.1 Å². The number of nitrogen functional groups attached to an aromatic ring is 2. The maximum Gasteiger partial charge on any atom is 0.416 e. The van der Waals surface area contributed by atoms with Crippen LogP contribution in [-0.4, -0.2) is 14.5 Å². The van der Waals surface area contributed by atoms with Crippen molar-refractivity contribution in [2.24, 2.45) is 0 Å². The quantitative estimate of drug-likeness (QED) is 0.330. The van der Waals surface area contributed by atoms with Crippen molar-refractivity contribution in [3.63, 3.8) is 0 Å². The maximum absolute atomic E-state index is 14.5. The first-order valence-electron chi connectivity index (χ1n) is 8.79. The molecule has 5 N–H and O–H groups in total. The molecule has 0 unspecified atom stereocenters. The Morgan fingerprint density at radius 1 is 0.967 bits per heavy atom. The Bertz CT molecular complexity index is 1250. The third kappa shape index (κ3) is 3.47. The molecule has 0 atom stereocenters. The van der Waals surface area contributed by atoms with Crippen LogP contribution >= 0.6 is 0 Å². The SMILES string of the molecule is Cc1cc2ccc(N)cc2n1-c1nc(N)c(F)c(Nc2ccc(C(F)(F)F)cc2)n1. The van der Waals surface area contributed by atoms with Gasteiger partial charge in [-0.1, -0.05) is 6.07 Å². The number of nitrogens with one attached hydrogen (secondary N) is 1. The van der Waals surface area contributed by atoms with Gasteiger partial charge < -0.3 is 16.8 Å². The average molecular weight is 416 g/mol. The van der Waals surface area contributed by atoms with E-state index in [-0.39, 0.29) is 17.5 Å².